The van der Waals surface area contributed by atoms with Crippen LogP contribution in [0.3, 0.4) is 0 Å². The van der Waals surface area contributed by atoms with Crippen molar-refractivity contribution in [3.8, 4) is 5.82 Å². The number of nitrogens with zero attached hydrogens (tertiary/aromatic N) is 3. The van der Waals surface area contributed by atoms with Gasteiger partial charge in [-0.1, -0.05) is 18.2 Å². The Labute approximate surface area is 132 Å². The summed E-state index contributed by atoms with van der Waals surface area (Å²) in [5.74, 6) is 0.260. The van der Waals surface area contributed by atoms with Crippen LogP contribution in [0.1, 0.15) is 5.56 Å². The first-order chi connectivity index (χ1) is 11.2. The Bertz CT molecular complexity index is 786. The van der Waals surface area contributed by atoms with Gasteiger partial charge in [-0.2, -0.15) is 0 Å². The first-order valence-corrected chi connectivity index (χ1v) is 6.95. The van der Waals surface area contributed by atoms with Crippen molar-refractivity contribution in [3.05, 3.63) is 72.7 Å². The zero-order chi connectivity index (χ0) is 16.1. The molecule has 23 heavy (non-hydrogen) atoms. The lowest BCUT2D eigenvalue weighted by Crippen LogP contribution is -2.28. The SMILES string of the molecule is O=C(NCc1ccc(-n2ccnc2)nc1)Nc1ccccc1F. The molecule has 7 heteroatoms. The molecule has 2 amide bonds. The third-order valence-corrected chi connectivity index (χ3v) is 3.15. The lowest BCUT2D eigenvalue weighted by Gasteiger charge is -2.08. The number of rotatable bonds is 4. The summed E-state index contributed by atoms with van der Waals surface area (Å²) >= 11 is 0. The van der Waals surface area contributed by atoms with Gasteiger partial charge >= 0.3 is 6.03 Å². The van der Waals surface area contributed by atoms with Gasteiger partial charge in [0.25, 0.3) is 0 Å². The van der Waals surface area contributed by atoms with Crippen molar-refractivity contribution in [2.75, 3.05) is 5.32 Å². The number of anilines is 1. The van der Waals surface area contributed by atoms with Crippen molar-refractivity contribution in [3.63, 3.8) is 0 Å². The van der Waals surface area contributed by atoms with E-state index in [0.29, 0.717) is 0 Å². The number of benzene rings is 1. The van der Waals surface area contributed by atoms with E-state index in [2.05, 4.69) is 20.6 Å². The van der Waals surface area contributed by atoms with Crippen LogP contribution >= 0.6 is 0 Å². The molecule has 0 fully saturated rings. The third kappa shape index (κ3) is 3.70. The number of pyridine rings is 1. The zero-order valence-corrected chi connectivity index (χ0v) is 12.1. The summed E-state index contributed by atoms with van der Waals surface area (Å²) in [5.41, 5.74) is 0.969. The molecule has 2 heterocycles. The minimum Gasteiger partial charge on any atom is -0.334 e. The number of aromatic nitrogens is 3. The van der Waals surface area contributed by atoms with Crippen LogP contribution in [-0.2, 0) is 6.54 Å². The zero-order valence-electron chi connectivity index (χ0n) is 12.1. The summed E-state index contributed by atoms with van der Waals surface area (Å²) in [6.45, 7) is 0.289. The summed E-state index contributed by atoms with van der Waals surface area (Å²) in [6.07, 6.45) is 6.78. The molecule has 116 valence electrons. The Balaban J connectivity index is 1.56. The van der Waals surface area contributed by atoms with Gasteiger partial charge in [0.05, 0.1) is 5.69 Å². The van der Waals surface area contributed by atoms with Crippen molar-refractivity contribution in [1.82, 2.24) is 19.9 Å². The van der Waals surface area contributed by atoms with E-state index in [1.165, 1.54) is 12.1 Å². The van der Waals surface area contributed by atoms with Crippen molar-refractivity contribution in [1.29, 1.82) is 0 Å². The molecule has 0 unspecified atom stereocenters. The number of hydrogen-bond acceptors (Lipinski definition) is 3. The van der Waals surface area contributed by atoms with E-state index in [4.69, 9.17) is 0 Å². The number of amides is 2. The lowest BCUT2D eigenvalue weighted by molar-refractivity contribution is 0.251. The Morgan fingerprint density at radius 1 is 1.22 bits per heavy atom. The molecule has 0 bridgehead atoms. The molecule has 0 aliphatic heterocycles. The maximum absolute atomic E-state index is 13.4. The minimum atomic E-state index is -0.478. The van der Waals surface area contributed by atoms with Crippen LogP contribution < -0.4 is 10.6 Å². The summed E-state index contributed by atoms with van der Waals surface area (Å²) in [4.78, 5) is 20.0. The highest BCUT2D eigenvalue weighted by Gasteiger charge is 2.06. The molecule has 0 saturated carbocycles. The maximum Gasteiger partial charge on any atom is 0.319 e. The van der Waals surface area contributed by atoms with E-state index in [1.54, 1.807) is 41.6 Å². The van der Waals surface area contributed by atoms with Gasteiger partial charge in [-0.15, -0.1) is 0 Å². The van der Waals surface area contributed by atoms with Crippen molar-refractivity contribution in [2.45, 2.75) is 6.54 Å². The molecule has 0 saturated heterocycles. The van der Waals surface area contributed by atoms with E-state index in [0.717, 1.165) is 11.4 Å². The van der Waals surface area contributed by atoms with Crippen LogP contribution in [0.4, 0.5) is 14.9 Å². The molecule has 2 aromatic heterocycles. The van der Waals surface area contributed by atoms with Gasteiger partial charge in [0.1, 0.15) is 18.0 Å². The van der Waals surface area contributed by atoms with Crippen LogP contribution in [0, 0.1) is 5.82 Å². The van der Waals surface area contributed by atoms with Crippen LogP contribution in [0.5, 0.6) is 0 Å². The highest BCUT2D eigenvalue weighted by atomic mass is 19.1. The number of para-hydroxylation sites is 1. The number of nitrogens with one attached hydrogen (secondary N) is 2. The van der Waals surface area contributed by atoms with Crippen molar-refractivity contribution < 1.29 is 9.18 Å². The molecule has 0 atom stereocenters. The Kier molecular flexibility index (Phi) is 4.28. The minimum absolute atomic E-state index is 0.138. The van der Waals surface area contributed by atoms with Gasteiger partial charge < -0.3 is 10.6 Å². The third-order valence-electron chi connectivity index (χ3n) is 3.15. The standard InChI is InChI=1S/C16H14FN5O/c17-13-3-1-2-4-14(13)21-16(23)20-10-12-5-6-15(19-9-12)22-8-7-18-11-22/h1-9,11H,10H2,(H2,20,21,23). The van der Waals surface area contributed by atoms with Crippen LogP contribution in [0.25, 0.3) is 5.82 Å². The number of imidazole rings is 1. The molecule has 3 aromatic rings. The molecular weight excluding hydrogens is 297 g/mol. The van der Waals surface area contributed by atoms with Crippen molar-refractivity contribution >= 4 is 11.7 Å². The van der Waals surface area contributed by atoms with Gasteiger partial charge in [0, 0.05) is 25.1 Å². The van der Waals surface area contributed by atoms with Gasteiger partial charge in [-0.05, 0) is 23.8 Å². The summed E-state index contributed by atoms with van der Waals surface area (Å²) in [7, 11) is 0. The second kappa shape index (κ2) is 6.69. The quantitative estimate of drug-likeness (QED) is 0.778. The lowest BCUT2D eigenvalue weighted by atomic mass is 10.3. The van der Waals surface area contributed by atoms with Gasteiger partial charge in [0.2, 0.25) is 0 Å². The van der Waals surface area contributed by atoms with Crippen LogP contribution in [-0.4, -0.2) is 20.6 Å². The smallest absolute Gasteiger partial charge is 0.319 e. The number of urea groups is 1. The Hall–Kier alpha value is -3.22. The summed E-state index contributed by atoms with van der Waals surface area (Å²) < 4.78 is 15.2. The van der Waals surface area contributed by atoms with E-state index in [-0.39, 0.29) is 12.2 Å². The molecule has 1 aromatic carbocycles. The molecule has 0 aliphatic carbocycles. The fourth-order valence-electron chi connectivity index (χ4n) is 1.98. The van der Waals surface area contributed by atoms with Crippen molar-refractivity contribution in [2.24, 2.45) is 0 Å². The summed E-state index contributed by atoms with van der Waals surface area (Å²) in [6, 6.07) is 9.20. The molecule has 2 N–H and O–H groups in total. The molecule has 0 aliphatic rings. The highest BCUT2D eigenvalue weighted by Crippen LogP contribution is 2.12. The van der Waals surface area contributed by atoms with Crippen LogP contribution in [0.15, 0.2) is 61.3 Å². The maximum atomic E-state index is 13.4. The van der Waals surface area contributed by atoms with E-state index in [9.17, 15) is 9.18 Å². The molecule has 3 rings (SSSR count). The predicted octanol–water partition coefficient (Wildman–Crippen LogP) is 2.73. The van der Waals surface area contributed by atoms with Gasteiger partial charge in [-0.3, -0.25) is 4.57 Å². The molecule has 0 spiro atoms. The summed E-state index contributed by atoms with van der Waals surface area (Å²) in [5, 5.41) is 5.11. The first-order valence-electron chi connectivity index (χ1n) is 6.95. The topological polar surface area (TPSA) is 71.8 Å². The Morgan fingerprint density at radius 3 is 2.78 bits per heavy atom. The first kappa shape index (κ1) is 14.7. The largest absolute Gasteiger partial charge is 0.334 e. The predicted molar refractivity (Wildman–Crippen MR) is 83.6 cm³/mol. The number of hydrogen-bond donors (Lipinski definition) is 2. The number of carbonyl (C=O) groups excluding carboxylic acids is 1. The molecular formula is C16H14FN5O. The molecule has 6 nitrogen and oxygen atoms in total. The average Bonchev–Trinajstić information content (AvgIpc) is 3.10. The monoisotopic (exact) mass is 311 g/mol. The van der Waals surface area contributed by atoms with E-state index < -0.39 is 11.8 Å². The van der Waals surface area contributed by atoms with E-state index >= 15 is 0 Å². The van der Waals surface area contributed by atoms with Crippen LogP contribution in [0.2, 0.25) is 0 Å². The number of carbonyl (C=O) groups is 1. The van der Waals surface area contributed by atoms with Gasteiger partial charge in [0.15, 0.2) is 0 Å². The average molecular weight is 311 g/mol. The van der Waals surface area contributed by atoms with E-state index in [1.807, 2.05) is 12.1 Å². The Morgan fingerprint density at radius 2 is 2.09 bits per heavy atom. The highest BCUT2D eigenvalue weighted by molar-refractivity contribution is 5.89. The second-order valence-electron chi connectivity index (χ2n) is 4.78. The normalized spacial score (nSPS) is 10.3. The molecule has 0 radical (unpaired) electrons. The fourth-order valence-corrected chi connectivity index (χ4v) is 1.98. The van der Waals surface area contributed by atoms with Gasteiger partial charge in [-0.25, -0.2) is 19.2 Å². The number of halogens is 1. The second-order valence-corrected chi connectivity index (χ2v) is 4.78. The fraction of sp³-hybridized carbons (Fsp3) is 0.0625.